The van der Waals surface area contributed by atoms with Gasteiger partial charge in [-0.25, -0.2) is 0 Å². The molecule has 1 unspecified atom stereocenters. The molecule has 5 nitrogen and oxygen atoms in total. The molecule has 0 aliphatic carbocycles. The highest BCUT2D eigenvalue weighted by atomic mass is 16.5. The van der Waals surface area contributed by atoms with Crippen LogP contribution in [-0.4, -0.2) is 53.7 Å². The van der Waals surface area contributed by atoms with Gasteiger partial charge in [0.15, 0.2) is 5.78 Å². The molecule has 0 amide bonds. The first-order chi connectivity index (χ1) is 8.60. The predicted octanol–water partition coefficient (Wildman–Crippen LogP) is 1.00. The highest BCUT2D eigenvalue weighted by Gasteiger charge is 2.24. The monoisotopic (exact) mass is 251 g/mol. The molecule has 1 saturated heterocycles. The van der Waals surface area contributed by atoms with E-state index in [0.717, 1.165) is 19.5 Å². The third-order valence-electron chi connectivity index (χ3n) is 3.21. The number of rotatable bonds is 4. The fourth-order valence-electron chi connectivity index (χ4n) is 2.18. The van der Waals surface area contributed by atoms with Crippen LogP contribution in [0, 0.1) is 0 Å². The minimum atomic E-state index is -0.178. The number of hydrogen-bond acceptors (Lipinski definition) is 5. The van der Waals surface area contributed by atoms with Crippen molar-refractivity contribution in [1.82, 2.24) is 4.90 Å². The van der Waals surface area contributed by atoms with E-state index in [4.69, 9.17) is 4.74 Å². The lowest BCUT2D eigenvalue weighted by molar-refractivity contribution is 0.0896. The number of phenols is 2. The molecule has 1 atom stereocenters. The van der Waals surface area contributed by atoms with Gasteiger partial charge in [0.1, 0.15) is 11.5 Å². The summed E-state index contributed by atoms with van der Waals surface area (Å²) in [5.74, 6) is -0.378. The van der Waals surface area contributed by atoms with Crippen LogP contribution >= 0.6 is 0 Å². The molecule has 0 bridgehead atoms. The highest BCUT2D eigenvalue weighted by molar-refractivity contribution is 6.00. The van der Waals surface area contributed by atoms with Crippen LogP contribution in [0.5, 0.6) is 11.5 Å². The van der Waals surface area contributed by atoms with E-state index in [9.17, 15) is 15.0 Å². The second-order valence-corrected chi connectivity index (χ2v) is 4.51. The largest absolute Gasteiger partial charge is 0.508 e. The number of phenolic OH excluding ortho intramolecular Hbond substituents is 2. The van der Waals surface area contributed by atoms with E-state index in [1.807, 2.05) is 4.90 Å². The number of Topliss-reactive ketones (excluding diaryl/α,β-unsaturated/α-hetero) is 1. The van der Waals surface area contributed by atoms with Crippen LogP contribution in [0.25, 0.3) is 0 Å². The Kier molecular flexibility index (Phi) is 3.84. The van der Waals surface area contributed by atoms with E-state index in [0.29, 0.717) is 0 Å². The fraction of sp³-hybridized carbons (Fsp3) is 0.462. The highest BCUT2D eigenvalue weighted by Crippen LogP contribution is 2.23. The van der Waals surface area contributed by atoms with Gasteiger partial charge in [-0.15, -0.1) is 0 Å². The zero-order valence-electron chi connectivity index (χ0n) is 10.3. The van der Waals surface area contributed by atoms with E-state index >= 15 is 0 Å². The van der Waals surface area contributed by atoms with Gasteiger partial charge in [0.05, 0.1) is 18.2 Å². The first-order valence-electron chi connectivity index (χ1n) is 5.90. The number of hydrogen-bond donors (Lipinski definition) is 2. The van der Waals surface area contributed by atoms with Crippen molar-refractivity contribution in [2.24, 2.45) is 0 Å². The summed E-state index contributed by atoms with van der Waals surface area (Å²) in [6, 6.07) is 4.01. The SMILES string of the molecule is COC1CCN(CC(=O)c2ccc(O)cc2O)C1. The topological polar surface area (TPSA) is 70.0 Å². The number of aromatic hydroxyl groups is 2. The number of likely N-dealkylation sites (tertiary alicyclic amines) is 1. The molecule has 1 heterocycles. The molecule has 1 fully saturated rings. The van der Waals surface area contributed by atoms with Crippen LogP contribution in [0.2, 0.25) is 0 Å². The molecule has 5 heteroatoms. The van der Waals surface area contributed by atoms with E-state index in [1.54, 1.807) is 7.11 Å². The summed E-state index contributed by atoms with van der Waals surface area (Å²) in [5.41, 5.74) is 0.244. The van der Waals surface area contributed by atoms with Gasteiger partial charge >= 0.3 is 0 Å². The molecule has 18 heavy (non-hydrogen) atoms. The van der Waals surface area contributed by atoms with Gasteiger partial charge in [-0.2, -0.15) is 0 Å². The van der Waals surface area contributed by atoms with E-state index in [1.165, 1.54) is 18.2 Å². The van der Waals surface area contributed by atoms with E-state index in [-0.39, 0.29) is 35.5 Å². The van der Waals surface area contributed by atoms with Gasteiger partial charge in [0.25, 0.3) is 0 Å². The average molecular weight is 251 g/mol. The number of benzene rings is 1. The summed E-state index contributed by atoms with van der Waals surface area (Å²) in [5, 5.41) is 18.8. The van der Waals surface area contributed by atoms with Crippen molar-refractivity contribution in [2.75, 3.05) is 26.7 Å². The molecule has 2 rings (SSSR count). The average Bonchev–Trinajstić information content (AvgIpc) is 2.76. The quantitative estimate of drug-likeness (QED) is 0.781. The Morgan fingerprint density at radius 3 is 2.89 bits per heavy atom. The van der Waals surface area contributed by atoms with Crippen LogP contribution < -0.4 is 0 Å². The van der Waals surface area contributed by atoms with Crippen molar-refractivity contribution in [3.63, 3.8) is 0 Å². The molecule has 1 aliphatic rings. The van der Waals surface area contributed by atoms with Gasteiger partial charge in [-0.3, -0.25) is 9.69 Å². The summed E-state index contributed by atoms with van der Waals surface area (Å²) in [4.78, 5) is 14.0. The lowest BCUT2D eigenvalue weighted by Crippen LogP contribution is -2.29. The number of carbonyl (C=O) groups is 1. The Balaban J connectivity index is 2.00. The molecule has 0 saturated carbocycles. The maximum absolute atomic E-state index is 12.0. The summed E-state index contributed by atoms with van der Waals surface area (Å²) in [6.45, 7) is 1.82. The number of nitrogens with zero attached hydrogens (tertiary/aromatic N) is 1. The van der Waals surface area contributed by atoms with Crippen LogP contribution in [0.15, 0.2) is 18.2 Å². The Hall–Kier alpha value is -1.59. The van der Waals surface area contributed by atoms with Crippen molar-refractivity contribution < 1.29 is 19.7 Å². The Bertz CT molecular complexity index is 447. The number of ketones is 1. The second kappa shape index (κ2) is 5.37. The van der Waals surface area contributed by atoms with Crippen LogP contribution in [0.3, 0.4) is 0 Å². The smallest absolute Gasteiger partial charge is 0.180 e. The molecule has 0 radical (unpaired) electrons. The summed E-state index contributed by atoms with van der Waals surface area (Å²) in [6.07, 6.45) is 1.11. The predicted molar refractivity (Wildman–Crippen MR) is 66.0 cm³/mol. The molecule has 1 aliphatic heterocycles. The summed E-state index contributed by atoms with van der Waals surface area (Å²) in [7, 11) is 1.67. The minimum Gasteiger partial charge on any atom is -0.508 e. The minimum absolute atomic E-state index is 0.0512. The zero-order chi connectivity index (χ0) is 13.1. The van der Waals surface area contributed by atoms with Crippen LogP contribution in [0.1, 0.15) is 16.8 Å². The third-order valence-corrected chi connectivity index (χ3v) is 3.21. The first-order valence-corrected chi connectivity index (χ1v) is 5.90. The number of methoxy groups -OCH3 is 1. The van der Waals surface area contributed by atoms with E-state index < -0.39 is 0 Å². The Labute approximate surface area is 106 Å². The number of ether oxygens (including phenoxy) is 1. The van der Waals surface area contributed by atoms with Crippen molar-refractivity contribution in [1.29, 1.82) is 0 Å². The van der Waals surface area contributed by atoms with Crippen LogP contribution in [0.4, 0.5) is 0 Å². The van der Waals surface area contributed by atoms with E-state index in [2.05, 4.69) is 0 Å². The zero-order valence-corrected chi connectivity index (χ0v) is 10.3. The molecule has 1 aromatic rings. The molecule has 0 spiro atoms. The molecular formula is C13H17NO4. The molecule has 1 aromatic carbocycles. The molecule has 2 N–H and O–H groups in total. The Morgan fingerprint density at radius 1 is 1.50 bits per heavy atom. The van der Waals surface area contributed by atoms with Gasteiger partial charge in [0, 0.05) is 26.3 Å². The van der Waals surface area contributed by atoms with Gasteiger partial charge in [-0.05, 0) is 18.6 Å². The first kappa shape index (κ1) is 12.9. The van der Waals surface area contributed by atoms with Gasteiger partial charge in [0.2, 0.25) is 0 Å². The number of carbonyl (C=O) groups excluding carboxylic acids is 1. The lowest BCUT2D eigenvalue weighted by atomic mass is 10.1. The Morgan fingerprint density at radius 2 is 2.28 bits per heavy atom. The van der Waals surface area contributed by atoms with Crippen LogP contribution in [-0.2, 0) is 4.74 Å². The van der Waals surface area contributed by atoms with Gasteiger partial charge < -0.3 is 14.9 Å². The molecule has 0 aromatic heterocycles. The van der Waals surface area contributed by atoms with Crippen molar-refractivity contribution in [3.8, 4) is 11.5 Å². The summed E-state index contributed by atoms with van der Waals surface area (Å²) >= 11 is 0. The maximum Gasteiger partial charge on any atom is 0.180 e. The fourth-order valence-corrected chi connectivity index (χ4v) is 2.18. The van der Waals surface area contributed by atoms with Gasteiger partial charge in [-0.1, -0.05) is 0 Å². The summed E-state index contributed by atoms with van der Waals surface area (Å²) < 4.78 is 5.23. The van der Waals surface area contributed by atoms with Crippen molar-refractivity contribution in [2.45, 2.75) is 12.5 Å². The standard InChI is InChI=1S/C13H17NO4/c1-18-10-4-5-14(7-10)8-13(17)11-3-2-9(15)6-12(11)16/h2-3,6,10,15-16H,4-5,7-8H2,1H3. The molecular weight excluding hydrogens is 234 g/mol. The second-order valence-electron chi connectivity index (χ2n) is 4.51. The van der Waals surface area contributed by atoms with Crippen molar-refractivity contribution >= 4 is 5.78 Å². The molecule has 98 valence electrons. The normalized spacial score (nSPS) is 20.2. The maximum atomic E-state index is 12.0. The lowest BCUT2D eigenvalue weighted by Gasteiger charge is -2.14. The van der Waals surface area contributed by atoms with Crippen molar-refractivity contribution in [3.05, 3.63) is 23.8 Å². The third kappa shape index (κ3) is 2.80.